The summed E-state index contributed by atoms with van der Waals surface area (Å²) in [7, 11) is 0. The van der Waals surface area contributed by atoms with Gasteiger partial charge in [0.1, 0.15) is 11.6 Å². The van der Waals surface area contributed by atoms with Crippen molar-refractivity contribution in [3.63, 3.8) is 0 Å². The molecule has 0 radical (unpaired) electrons. The number of hydrogen-bond acceptors (Lipinski definition) is 2. The molecule has 0 atom stereocenters. The van der Waals surface area contributed by atoms with E-state index in [0.29, 0.717) is 5.56 Å². The molecule has 0 aliphatic rings. The molecule has 126 valence electrons. The zero-order valence-corrected chi connectivity index (χ0v) is 12.5. The van der Waals surface area contributed by atoms with E-state index < -0.39 is 18.1 Å². The van der Waals surface area contributed by atoms with Crippen LogP contribution in [0.25, 0.3) is 6.08 Å². The first kappa shape index (κ1) is 17.5. The van der Waals surface area contributed by atoms with E-state index in [1.54, 1.807) is 13.0 Å². The van der Waals surface area contributed by atoms with E-state index in [1.165, 1.54) is 30.3 Å². The molecule has 7 heteroatoms. The summed E-state index contributed by atoms with van der Waals surface area (Å²) in [6.07, 6.45) is -2.21. The van der Waals surface area contributed by atoms with Gasteiger partial charge in [-0.3, -0.25) is 4.79 Å². The maximum Gasteiger partial charge on any atom is 0.573 e. The lowest BCUT2D eigenvalue weighted by atomic mass is 10.2. The number of ether oxygens (including phenoxy) is 1. The number of alkyl halides is 3. The van der Waals surface area contributed by atoms with Gasteiger partial charge in [-0.25, -0.2) is 4.39 Å². The molecular weight excluding hydrogens is 326 g/mol. The van der Waals surface area contributed by atoms with Crippen LogP contribution in [0.5, 0.6) is 5.75 Å². The average molecular weight is 339 g/mol. The summed E-state index contributed by atoms with van der Waals surface area (Å²) in [5.41, 5.74) is 1.33. The van der Waals surface area contributed by atoms with Crippen molar-refractivity contribution in [2.75, 3.05) is 5.32 Å². The molecule has 0 saturated heterocycles. The number of anilines is 1. The Balaban J connectivity index is 2.00. The summed E-state index contributed by atoms with van der Waals surface area (Å²) in [4.78, 5) is 11.8. The molecule has 0 aliphatic heterocycles. The van der Waals surface area contributed by atoms with Gasteiger partial charge in [0, 0.05) is 6.08 Å². The second-order valence-electron chi connectivity index (χ2n) is 4.92. The zero-order valence-electron chi connectivity index (χ0n) is 12.5. The van der Waals surface area contributed by atoms with Crippen LogP contribution in [0, 0.1) is 12.7 Å². The van der Waals surface area contributed by atoms with Gasteiger partial charge in [-0.2, -0.15) is 0 Å². The Morgan fingerprint density at radius 1 is 1.12 bits per heavy atom. The number of amides is 1. The summed E-state index contributed by atoms with van der Waals surface area (Å²) < 4.78 is 53.4. The Morgan fingerprint density at radius 2 is 1.79 bits per heavy atom. The van der Waals surface area contributed by atoms with E-state index in [0.717, 1.165) is 23.8 Å². The topological polar surface area (TPSA) is 38.3 Å². The van der Waals surface area contributed by atoms with Gasteiger partial charge in [0.2, 0.25) is 5.91 Å². The molecule has 0 aliphatic carbocycles. The molecule has 0 saturated carbocycles. The Morgan fingerprint density at radius 3 is 2.42 bits per heavy atom. The molecule has 24 heavy (non-hydrogen) atoms. The molecular formula is C17H13F4NO2. The van der Waals surface area contributed by atoms with Crippen molar-refractivity contribution >= 4 is 17.7 Å². The fourth-order valence-electron chi connectivity index (χ4n) is 1.86. The molecule has 2 rings (SSSR count). The quantitative estimate of drug-likeness (QED) is 0.648. The van der Waals surface area contributed by atoms with Crippen molar-refractivity contribution in [1.29, 1.82) is 0 Å². The summed E-state index contributed by atoms with van der Waals surface area (Å²) in [5, 5.41) is 2.39. The number of aryl methyl sites for hydroxylation is 1. The van der Waals surface area contributed by atoms with E-state index in [1.807, 2.05) is 0 Å². The number of benzene rings is 2. The van der Waals surface area contributed by atoms with E-state index >= 15 is 0 Å². The van der Waals surface area contributed by atoms with E-state index in [9.17, 15) is 22.4 Å². The highest BCUT2D eigenvalue weighted by Crippen LogP contribution is 2.23. The fraction of sp³-hybridized carbons (Fsp3) is 0.118. The normalized spacial score (nSPS) is 11.5. The van der Waals surface area contributed by atoms with Crippen LogP contribution >= 0.6 is 0 Å². The number of rotatable bonds is 4. The fourth-order valence-corrected chi connectivity index (χ4v) is 1.86. The largest absolute Gasteiger partial charge is 0.573 e. The minimum absolute atomic E-state index is 0.0542. The van der Waals surface area contributed by atoms with Crippen LogP contribution in [-0.4, -0.2) is 12.3 Å². The van der Waals surface area contributed by atoms with E-state index in [2.05, 4.69) is 10.1 Å². The Bertz CT molecular complexity index is 752. The SMILES string of the molecule is Cc1ccc(F)c(NC(=O)/C=C/c2ccc(OC(F)(F)F)cc2)c1. The summed E-state index contributed by atoms with van der Waals surface area (Å²) in [6.45, 7) is 1.76. The second kappa shape index (κ2) is 7.16. The van der Waals surface area contributed by atoms with Gasteiger partial charge in [0.15, 0.2) is 0 Å². The Kier molecular flexibility index (Phi) is 5.23. The van der Waals surface area contributed by atoms with E-state index in [4.69, 9.17) is 0 Å². The number of carbonyl (C=O) groups excluding carboxylic acids is 1. The number of halogens is 4. The maximum atomic E-state index is 13.5. The lowest BCUT2D eigenvalue weighted by molar-refractivity contribution is -0.274. The predicted octanol–water partition coefficient (Wildman–Crippen LogP) is 4.68. The molecule has 0 aromatic heterocycles. The average Bonchev–Trinajstić information content (AvgIpc) is 2.49. The lowest BCUT2D eigenvalue weighted by Gasteiger charge is -2.08. The van der Waals surface area contributed by atoms with Gasteiger partial charge in [0.05, 0.1) is 5.69 Å². The van der Waals surface area contributed by atoms with Crippen molar-refractivity contribution < 1.29 is 27.1 Å². The molecule has 1 amide bonds. The van der Waals surface area contributed by atoms with Crippen molar-refractivity contribution in [1.82, 2.24) is 0 Å². The van der Waals surface area contributed by atoms with Crippen molar-refractivity contribution in [3.05, 3.63) is 65.5 Å². The maximum absolute atomic E-state index is 13.5. The molecule has 0 spiro atoms. The number of hydrogen-bond donors (Lipinski definition) is 1. The second-order valence-corrected chi connectivity index (χ2v) is 4.92. The third-order valence-electron chi connectivity index (χ3n) is 2.92. The molecule has 0 bridgehead atoms. The highest BCUT2D eigenvalue weighted by molar-refractivity contribution is 6.02. The highest BCUT2D eigenvalue weighted by atomic mass is 19.4. The smallest absolute Gasteiger partial charge is 0.406 e. The first-order chi connectivity index (χ1) is 11.2. The third kappa shape index (κ3) is 5.42. The minimum atomic E-state index is -4.75. The molecule has 3 nitrogen and oxygen atoms in total. The van der Waals surface area contributed by atoms with Crippen LogP contribution in [-0.2, 0) is 4.79 Å². The third-order valence-corrected chi connectivity index (χ3v) is 2.92. The molecule has 2 aromatic rings. The van der Waals surface area contributed by atoms with Crippen molar-refractivity contribution in [3.8, 4) is 5.75 Å². The molecule has 0 heterocycles. The number of carbonyl (C=O) groups is 1. The molecule has 1 N–H and O–H groups in total. The standard InChI is InChI=1S/C17H13F4NO2/c1-11-2-8-14(18)15(10-11)22-16(23)9-5-12-3-6-13(7-4-12)24-17(19,20)21/h2-10H,1H3,(H,22,23)/b9-5+. The lowest BCUT2D eigenvalue weighted by Crippen LogP contribution is -2.16. The van der Waals surface area contributed by atoms with Gasteiger partial charge >= 0.3 is 6.36 Å². The van der Waals surface area contributed by atoms with Crippen LogP contribution in [0.3, 0.4) is 0 Å². The van der Waals surface area contributed by atoms with Gasteiger partial charge in [0.25, 0.3) is 0 Å². The minimum Gasteiger partial charge on any atom is -0.406 e. The zero-order chi connectivity index (χ0) is 17.7. The van der Waals surface area contributed by atoms with Crippen LogP contribution in [0.1, 0.15) is 11.1 Å². The van der Waals surface area contributed by atoms with Crippen LogP contribution in [0.2, 0.25) is 0 Å². The van der Waals surface area contributed by atoms with Crippen molar-refractivity contribution in [2.45, 2.75) is 13.3 Å². The summed E-state index contributed by atoms with van der Waals surface area (Å²) in [6, 6.07) is 9.29. The first-order valence-electron chi connectivity index (χ1n) is 6.84. The molecule has 2 aromatic carbocycles. The summed E-state index contributed by atoms with van der Waals surface area (Å²) in [5.74, 6) is -1.47. The van der Waals surface area contributed by atoms with Gasteiger partial charge in [-0.05, 0) is 48.4 Å². The first-order valence-corrected chi connectivity index (χ1v) is 6.84. The number of nitrogens with one attached hydrogen (secondary N) is 1. The Labute approximate surface area is 135 Å². The summed E-state index contributed by atoms with van der Waals surface area (Å²) >= 11 is 0. The van der Waals surface area contributed by atoms with Gasteiger partial charge in [-0.1, -0.05) is 18.2 Å². The molecule has 0 unspecified atom stereocenters. The van der Waals surface area contributed by atoms with Crippen molar-refractivity contribution in [2.24, 2.45) is 0 Å². The van der Waals surface area contributed by atoms with E-state index in [-0.39, 0.29) is 11.4 Å². The predicted molar refractivity (Wildman–Crippen MR) is 81.9 cm³/mol. The van der Waals surface area contributed by atoms with Gasteiger partial charge < -0.3 is 10.1 Å². The monoisotopic (exact) mass is 339 g/mol. The van der Waals surface area contributed by atoms with Crippen LogP contribution in [0.15, 0.2) is 48.5 Å². The Hall–Kier alpha value is -2.83. The van der Waals surface area contributed by atoms with Crippen LogP contribution < -0.4 is 10.1 Å². The molecule has 0 fully saturated rings. The van der Waals surface area contributed by atoms with Gasteiger partial charge in [-0.15, -0.1) is 13.2 Å². The highest BCUT2D eigenvalue weighted by Gasteiger charge is 2.30. The van der Waals surface area contributed by atoms with Crippen LogP contribution in [0.4, 0.5) is 23.2 Å².